The van der Waals surface area contributed by atoms with Gasteiger partial charge in [0.05, 0.1) is 24.0 Å². The van der Waals surface area contributed by atoms with Gasteiger partial charge in [-0.25, -0.2) is 4.98 Å². The van der Waals surface area contributed by atoms with E-state index >= 15 is 0 Å². The molecule has 4 aromatic rings. The lowest BCUT2D eigenvalue weighted by Crippen LogP contribution is -2.31. The number of hydrogen-bond acceptors (Lipinski definition) is 4. The lowest BCUT2D eigenvalue weighted by molar-refractivity contribution is -0.124. The third-order valence-electron chi connectivity index (χ3n) is 5.46. The molecule has 0 fully saturated rings. The van der Waals surface area contributed by atoms with Gasteiger partial charge >= 0.3 is 0 Å². The predicted molar refractivity (Wildman–Crippen MR) is 119 cm³/mol. The molecule has 0 aliphatic carbocycles. The van der Waals surface area contributed by atoms with E-state index in [9.17, 15) is 9.59 Å². The lowest BCUT2D eigenvalue weighted by Gasteiger charge is -2.16. The van der Waals surface area contributed by atoms with Crippen LogP contribution in [0, 0.1) is 6.92 Å². The van der Waals surface area contributed by atoms with Gasteiger partial charge in [-0.15, -0.1) is 0 Å². The lowest BCUT2D eigenvalue weighted by atomic mass is 10.1. The fourth-order valence-electron chi connectivity index (χ4n) is 3.94. The second-order valence-electron chi connectivity index (χ2n) is 7.69. The molecule has 0 saturated carbocycles. The molecule has 0 saturated heterocycles. The highest BCUT2D eigenvalue weighted by Gasteiger charge is 2.40. The molecule has 7 nitrogen and oxygen atoms in total. The van der Waals surface area contributed by atoms with Crippen molar-refractivity contribution < 1.29 is 9.59 Å². The fourth-order valence-corrected chi connectivity index (χ4v) is 3.94. The van der Waals surface area contributed by atoms with E-state index in [4.69, 9.17) is 0 Å². The first-order valence-corrected chi connectivity index (χ1v) is 10.1. The average molecular weight is 411 g/mol. The number of amides is 2. The smallest absolute Gasteiger partial charge is 0.253 e. The second kappa shape index (κ2) is 7.68. The molecule has 5 rings (SSSR count). The minimum Gasteiger partial charge on any atom is -0.326 e. The molecule has 154 valence electrons. The van der Waals surface area contributed by atoms with Crippen molar-refractivity contribution in [1.82, 2.24) is 14.5 Å². The van der Waals surface area contributed by atoms with E-state index < -0.39 is 6.04 Å². The Bertz CT molecular complexity index is 1260. The zero-order valence-corrected chi connectivity index (χ0v) is 17.0. The number of nitrogens with one attached hydrogen (secondary N) is 1. The number of carbonyl (C=O) groups excluding carboxylic acids is 2. The van der Waals surface area contributed by atoms with Gasteiger partial charge in [-0.05, 0) is 42.8 Å². The van der Waals surface area contributed by atoms with Crippen LogP contribution in [0.5, 0.6) is 0 Å². The van der Waals surface area contributed by atoms with Crippen LogP contribution in [0.15, 0.2) is 73.1 Å². The summed E-state index contributed by atoms with van der Waals surface area (Å²) in [5, 5.41) is 2.90. The normalized spacial score (nSPS) is 15.3. The Balaban J connectivity index is 1.46. The van der Waals surface area contributed by atoms with Gasteiger partial charge < -0.3 is 5.32 Å². The fraction of sp³-hybridized carbons (Fsp3) is 0.167. The zero-order chi connectivity index (χ0) is 21.4. The highest BCUT2D eigenvalue weighted by molar-refractivity contribution is 6.05. The van der Waals surface area contributed by atoms with Crippen LogP contribution in [0.2, 0.25) is 0 Å². The van der Waals surface area contributed by atoms with Crippen molar-refractivity contribution in [2.24, 2.45) is 0 Å². The largest absolute Gasteiger partial charge is 0.326 e. The number of benzene rings is 2. The third kappa shape index (κ3) is 3.54. The molecule has 2 aromatic heterocycles. The Hall–Kier alpha value is -4.00. The number of aromatic nitrogens is 3. The Morgan fingerprint density at radius 2 is 1.87 bits per heavy atom. The van der Waals surface area contributed by atoms with Gasteiger partial charge in [0, 0.05) is 18.1 Å². The molecule has 1 aliphatic rings. The van der Waals surface area contributed by atoms with Crippen LogP contribution in [-0.4, -0.2) is 26.3 Å². The number of fused-ring (bicyclic) bond motifs is 3. The molecule has 2 amide bonds. The van der Waals surface area contributed by atoms with Gasteiger partial charge in [-0.3, -0.25) is 24.0 Å². The van der Waals surface area contributed by atoms with E-state index in [0.717, 1.165) is 22.2 Å². The number of rotatable bonds is 5. The monoisotopic (exact) mass is 411 g/mol. The van der Waals surface area contributed by atoms with Crippen LogP contribution in [-0.2, 0) is 16.1 Å². The maximum absolute atomic E-state index is 13.4. The predicted octanol–water partition coefficient (Wildman–Crippen LogP) is 3.86. The van der Waals surface area contributed by atoms with Crippen molar-refractivity contribution in [3.63, 3.8) is 0 Å². The first-order chi connectivity index (χ1) is 15.1. The Morgan fingerprint density at radius 3 is 2.65 bits per heavy atom. The minimum atomic E-state index is -0.649. The van der Waals surface area contributed by atoms with Crippen molar-refractivity contribution in [1.29, 1.82) is 0 Å². The molecule has 31 heavy (non-hydrogen) atoms. The average Bonchev–Trinajstić information content (AvgIpc) is 3.27. The molecule has 0 unspecified atom stereocenters. The van der Waals surface area contributed by atoms with Crippen LogP contribution in [0.4, 0.5) is 11.6 Å². The minimum absolute atomic E-state index is 0.0314. The van der Waals surface area contributed by atoms with Crippen LogP contribution in [0.25, 0.3) is 11.0 Å². The van der Waals surface area contributed by atoms with Gasteiger partial charge in [0.1, 0.15) is 6.04 Å². The summed E-state index contributed by atoms with van der Waals surface area (Å²) in [6, 6.07) is 18.4. The summed E-state index contributed by atoms with van der Waals surface area (Å²) in [6.07, 6.45) is 3.46. The highest BCUT2D eigenvalue weighted by atomic mass is 16.2. The third-order valence-corrected chi connectivity index (χ3v) is 5.46. The molecule has 0 bridgehead atoms. The van der Waals surface area contributed by atoms with E-state index in [0.29, 0.717) is 18.2 Å². The highest BCUT2D eigenvalue weighted by Crippen LogP contribution is 2.37. The molecule has 1 aliphatic heterocycles. The van der Waals surface area contributed by atoms with E-state index in [1.165, 1.54) is 0 Å². The van der Waals surface area contributed by atoms with Gasteiger partial charge in [0.2, 0.25) is 11.9 Å². The zero-order valence-electron chi connectivity index (χ0n) is 17.0. The van der Waals surface area contributed by atoms with Crippen molar-refractivity contribution >= 4 is 34.5 Å². The van der Waals surface area contributed by atoms with Crippen LogP contribution in [0.3, 0.4) is 0 Å². The van der Waals surface area contributed by atoms with E-state index in [2.05, 4.69) is 15.3 Å². The number of nitrogens with zero attached hydrogens (tertiary/aromatic N) is 4. The van der Waals surface area contributed by atoms with Gasteiger partial charge in [-0.2, -0.15) is 0 Å². The standard InChI is InChI=1S/C24H21N5O2/c1-16-8-10-18(11-9-16)26-22(30)13-21-23(31)28(15-17-5-4-12-25-14-17)24-27-19-6-2-3-7-20(19)29(21)24/h2-12,14,21H,13,15H2,1H3,(H,26,30)/t21-/m1/s1. The SMILES string of the molecule is Cc1ccc(NC(=O)C[C@@H]2C(=O)N(Cc3cccnc3)c3nc4ccccc4n32)cc1. The quantitative estimate of drug-likeness (QED) is 0.541. The molecule has 7 heteroatoms. The van der Waals surface area contributed by atoms with Gasteiger partial charge in [-0.1, -0.05) is 35.9 Å². The van der Waals surface area contributed by atoms with Gasteiger partial charge in [0.25, 0.3) is 5.91 Å². The summed E-state index contributed by atoms with van der Waals surface area (Å²) in [4.78, 5) is 36.6. The van der Waals surface area contributed by atoms with Gasteiger partial charge in [0.15, 0.2) is 0 Å². The Morgan fingerprint density at radius 1 is 1.06 bits per heavy atom. The number of aryl methyl sites for hydroxylation is 1. The Kier molecular flexibility index (Phi) is 4.71. The molecule has 0 radical (unpaired) electrons. The molecule has 3 heterocycles. The van der Waals surface area contributed by atoms with E-state index in [1.807, 2.05) is 72.2 Å². The molecule has 1 N–H and O–H groups in total. The number of imidazole rings is 1. The first kappa shape index (κ1) is 19.0. The molecular formula is C24H21N5O2. The first-order valence-electron chi connectivity index (χ1n) is 10.1. The summed E-state index contributed by atoms with van der Waals surface area (Å²) >= 11 is 0. The topological polar surface area (TPSA) is 80.1 Å². The van der Waals surface area contributed by atoms with Crippen LogP contribution >= 0.6 is 0 Å². The second-order valence-corrected chi connectivity index (χ2v) is 7.69. The van der Waals surface area contributed by atoms with Crippen molar-refractivity contribution in [2.45, 2.75) is 25.9 Å². The van der Waals surface area contributed by atoms with Crippen LogP contribution < -0.4 is 10.2 Å². The molecule has 2 aromatic carbocycles. The van der Waals surface area contributed by atoms with Crippen LogP contribution in [0.1, 0.15) is 23.6 Å². The molecule has 0 spiro atoms. The number of hydrogen-bond donors (Lipinski definition) is 1. The van der Waals surface area contributed by atoms with E-state index in [1.54, 1.807) is 17.3 Å². The number of pyridine rings is 1. The summed E-state index contributed by atoms with van der Waals surface area (Å²) in [7, 11) is 0. The molecular weight excluding hydrogens is 390 g/mol. The number of carbonyl (C=O) groups is 2. The maximum atomic E-state index is 13.4. The molecule has 1 atom stereocenters. The Labute approximate surface area is 179 Å². The van der Waals surface area contributed by atoms with Crippen molar-refractivity contribution in [3.05, 3.63) is 84.2 Å². The summed E-state index contributed by atoms with van der Waals surface area (Å²) in [5.41, 5.74) is 4.37. The van der Waals surface area contributed by atoms with Crippen molar-refractivity contribution in [2.75, 3.05) is 10.2 Å². The summed E-state index contributed by atoms with van der Waals surface area (Å²) < 4.78 is 1.88. The summed E-state index contributed by atoms with van der Waals surface area (Å²) in [6.45, 7) is 2.34. The van der Waals surface area contributed by atoms with E-state index in [-0.39, 0.29) is 18.2 Å². The van der Waals surface area contributed by atoms with Crippen molar-refractivity contribution in [3.8, 4) is 0 Å². The maximum Gasteiger partial charge on any atom is 0.253 e. The summed E-state index contributed by atoms with van der Waals surface area (Å²) in [5.74, 6) is 0.202. The number of para-hydroxylation sites is 2. The number of anilines is 2.